The average Bonchev–Trinajstić information content (AvgIpc) is 2.13. The molecule has 0 bridgehead atoms. The molecule has 0 aliphatic heterocycles. The molecule has 0 aromatic carbocycles. The lowest BCUT2D eigenvalue weighted by Crippen LogP contribution is -1.98. The fourth-order valence-electron chi connectivity index (χ4n) is 0.937. The summed E-state index contributed by atoms with van der Waals surface area (Å²) in [5, 5.41) is 0. The Kier molecular flexibility index (Phi) is 8.73. The number of carbonyl (C=O) groups excluding carboxylic acids is 1. The zero-order valence-electron chi connectivity index (χ0n) is 8.71. The van der Waals surface area contributed by atoms with Crippen LogP contribution in [0.2, 0.25) is 0 Å². The number of carbonyl (C=O) groups is 1. The third-order valence-corrected chi connectivity index (χ3v) is 1.74. The first-order valence-electron chi connectivity index (χ1n) is 5.15. The summed E-state index contributed by atoms with van der Waals surface area (Å²) in [4.78, 5) is 11.0. The summed E-state index contributed by atoms with van der Waals surface area (Å²) in [5.74, 6) is -0.110. The molecule has 0 fully saturated rings. The third kappa shape index (κ3) is 9.12. The number of allylic oxidation sites excluding steroid dienone is 1. The minimum Gasteiger partial charge on any atom is -0.435 e. The van der Waals surface area contributed by atoms with Gasteiger partial charge in [0.2, 0.25) is 0 Å². The highest BCUT2D eigenvalue weighted by molar-refractivity contribution is 5.69. The maximum Gasteiger partial charge on any atom is 0.310 e. The van der Waals surface area contributed by atoms with Gasteiger partial charge in [-0.05, 0) is 18.9 Å². The summed E-state index contributed by atoms with van der Waals surface area (Å²) < 4.78 is 4.87. The normalized spacial score (nSPS) is 10.6. The van der Waals surface area contributed by atoms with Gasteiger partial charge in [0.05, 0.1) is 6.26 Å². The molecule has 0 unspecified atom stereocenters. The highest BCUT2D eigenvalue weighted by Crippen LogP contribution is 2.00. The first kappa shape index (κ1) is 12.2. The Hall–Kier alpha value is -0.790. The summed E-state index contributed by atoms with van der Waals surface area (Å²) in [6.45, 7) is 4.21. The van der Waals surface area contributed by atoms with E-state index >= 15 is 0 Å². The Morgan fingerprint density at radius 3 is 2.62 bits per heavy atom. The highest BCUT2D eigenvalue weighted by atomic mass is 16.5. The fourth-order valence-corrected chi connectivity index (χ4v) is 0.937. The smallest absolute Gasteiger partial charge is 0.310 e. The minimum absolute atomic E-state index is 0.110. The topological polar surface area (TPSA) is 26.3 Å². The van der Waals surface area contributed by atoms with Crippen molar-refractivity contribution in [2.24, 2.45) is 0 Å². The molecule has 0 aliphatic carbocycles. The number of hydrogen-bond acceptors (Lipinski definition) is 2. The van der Waals surface area contributed by atoms with Crippen LogP contribution in [0.15, 0.2) is 12.3 Å². The van der Waals surface area contributed by atoms with Crippen LogP contribution in [0.25, 0.3) is 0 Å². The van der Waals surface area contributed by atoms with Crippen LogP contribution in [0.4, 0.5) is 0 Å². The number of ether oxygens (including phenoxy) is 1. The lowest BCUT2D eigenvalue weighted by atomic mass is 10.2. The van der Waals surface area contributed by atoms with Gasteiger partial charge in [0, 0.05) is 6.42 Å². The molecule has 0 saturated heterocycles. The zero-order chi connectivity index (χ0) is 9.94. The molecule has 0 spiro atoms. The van der Waals surface area contributed by atoms with Crippen LogP contribution in [0.1, 0.15) is 52.4 Å². The van der Waals surface area contributed by atoms with Crippen LogP contribution in [0.5, 0.6) is 0 Å². The van der Waals surface area contributed by atoms with Crippen molar-refractivity contribution in [2.45, 2.75) is 52.4 Å². The second kappa shape index (κ2) is 9.30. The Bertz CT molecular complexity index is 150. The van der Waals surface area contributed by atoms with Crippen LogP contribution in [0, 0.1) is 0 Å². The molecule has 0 heterocycles. The standard InChI is InChI=1S/C11H20O2/c1-3-5-7-9-11(12)13-10-8-6-4-2/h8,10H,3-7,9H2,1-2H3/b10-8+. The monoisotopic (exact) mass is 184 g/mol. The Morgan fingerprint density at radius 2 is 2.00 bits per heavy atom. The van der Waals surface area contributed by atoms with E-state index in [-0.39, 0.29) is 5.97 Å². The van der Waals surface area contributed by atoms with E-state index < -0.39 is 0 Å². The lowest BCUT2D eigenvalue weighted by molar-refractivity contribution is -0.138. The van der Waals surface area contributed by atoms with Crippen molar-refractivity contribution in [1.29, 1.82) is 0 Å². The lowest BCUT2D eigenvalue weighted by Gasteiger charge is -1.97. The van der Waals surface area contributed by atoms with Gasteiger partial charge in [0.25, 0.3) is 0 Å². The molecular weight excluding hydrogens is 164 g/mol. The molecule has 0 N–H and O–H groups in total. The van der Waals surface area contributed by atoms with E-state index in [9.17, 15) is 4.79 Å². The first-order chi connectivity index (χ1) is 6.31. The maximum atomic E-state index is 11.0. The molecule has 2 heteroatoms. The van der Waals surface area contributed by atoms with Gasteiger partial charge in [-0.3, -0.25) is 4.79 Å². The van der Waals surface area contributed by atoms with Crippen molar-refractivity contribution >= 4 is 5.97 Å². The Morgan fingerprint density at radius 1 is 1.23 bits per heavy atom. The van der Waals surface area contributed by atoms with Crippen molar-refractivity contribution in [1.82, 2.24) is 0 Å². The molecule has 0 rings (SSSR count). The van der Waals surface area contributed by atoms with Gasteiger partial charge < -0.3 is 4.74 Å². The van der Waals surface area contributed by atoms with E-state index in [1.54, 1.807) is 0 Å². The molecule has 0 amide bonds. The largest absolute Gasteiger partial charge is 0.435 e. The molecule has 0 aromatic heterocycles. The van der Waals surface area contributed by atoms with E-state index in [4.69, 9.17) is 4.74 Å². The van der Waals surface area contributed by atoms with E-state index in [1.165, 1.54) is 6.26 Å². The predicted molar refractivity (Wildman–Crippen MR) is 54.3 cm³/mol. The van der Waals surface area contributed by atoms with Gasteiger partial charge in [0.15, 0.2) is 0 Å². The average molecular weight is 184 g/mol. The van der Waals surface area contributed by atoms with Gasteiger partial charge in [0.1, 0.15) is 0 Å². The first-order valence-corrected chi connectivity index (χ1v) is 5.15. The molecule has 76 valence electrons. The Labute approximate surface area is 81.0 Å². The fraction of sp³-hybridized carbons (Fsp3) is 0.727. The maximum absolute atomic E-state index is 11.0. The van der Waals surface area contributed by atoms with E-state index in [1.807, 2.05) is 6.08 Å². The molecule has 13 heavy (non-hydrogen) atoms. The van der Waals surface area contributed by atoms with Crippen molar-refractivity contribution in [3.8, 4) is 0 Å². The van der Waals surface area contributed by atoms with Crippen molar-refractivity contribution in [3.63, 3.8) is 0 Å². The molecule has 0 aliphatic rings. The predicted octanol–water partition coefficient (Wildman–Crippen LogP) is 3.42. The summed E-state index contributed by atoms with van der Waals surface area (Å²) in [5.41, 5.74) is 0. The Balaban J connectivity index is 3.29. The third-order valence-electron chi connectivity index (χ3n) is 1.74. The summed E-state index contributed by atoms with van der Waals surface area (Å²) in [6.07, 6.45) is 9.19. The highest BCUT2D eigenvalue weighted by Gasteiger charge is 1.98. The summed E-state index contributed by atoms with van der Waals surface area (Å²) in [7, 11) is 0. The zero-order valence-corrected chi connectivity index (χ0v) is 8.71. The minimum atomic E-state index is -0.110. The van der Waals surface area contributed by atoms with Gasteiger partial charge in [-0.1, -0.05) is 33.1 Å². The number of unbranched alkanes of at least 4 members (excludes halogenated alkanes) is 3. The van der Waals surface area contributed by atoms with Crippen LogP contribution in [-0.4, -0.2) is 5.97 Å². The van der Waals surface area contributed by atoms with E-state index in [0.717, 1.165) is 32.1 Å². The number of hydrogen-bond donors (Lipinski definition) is 0. The van der Waals surface area contributed by atoms with E-state index in [0.29, 0.717) is 6.42 Å². The summed E-state index contributed by atoms with van der Waals surface area (Å²) in [6, 6.07) is 0. The van der Waals surface area contributed by atoms with Crippen molar-refractivity contribution in [3.05, 3.63) is 12.3 Å². The molecule has 0 radical (unpaired) electrons. The second-order valence-corrected chi connectivity index (χ2v) is 3.11. The SMILES string of the molecule is CCC/C=C/OC(=O)CCCCC. The molecular formula is C11H20O2. The van der Waals surface area contributed by atoms with Gasteiger partial charge >= 0.3 is 5.97 Å². The molecule has 2 nitrogen and oxygen atoms in total. The molecule has 0 aromatic rings. The quantitative estimate of drug-likeness (QED) is 0.344. The van der Waals surface area contributed by atoms with Crippen molar-refractivity contribution in [2.75, 3.05) is 0 Å². The molecule has 0 atom stereocenters. The van der Waals surface area contributed by atoms with Gasteiger partial charge in [-0.15, -0.1) is 0 Å². The van der Waals surface area contributed by atoms with Crippen LogP contribution >= 0.6 is 0 Å². The van der Waals surface area contributed by atoms with Gasteiger partial charge in [-0.2, -0.15) is 0 Å². The van der Waals surface area contributed by atoms with Crippen molar-refractivity contribution < 1.29 is 9.53 Å². The van der Waals surface area contributed by atoms with Crippen LogP contribution < -0.4 is 0 Å². The van der Waals surface area contributed by atoms with E-state index in [2.05, 4.69) is 13.8 Å². The second-order valence-electron chi connectivity index (χ2n) is 3.11. The number of rotatable bonds is 7. The summed E-state index contributed by atoms with van der Waals surface area (Å²) >= 11 is 0. The van der Waals surface area contributed by atoms with Gasteiger partial charge in [-0.25, -0.2) is 0 Å². The van der Waals surface area contributed by atoms with Crippen LogP contribution in [0.3, 0.4) is 0 Å². The number of esters is 1. The van der Waals surface area contributed by atoms with Crippen LogP contribution in [-0.2, 0) is 9.53 Å². The molecule has 0 saturated carbocycles.